The van der Waals surface area contributed by atoms with Crippen molar-refractivity contribution in [2.75, 3.05) is 20.8 Å². The van der Waals surface area contributed by atoms with E-state index in [2.05, 4.69) is 37.0 Å². The predicted octanol–water partition coefficient (Wildman–Crippen LogP) is 4.11. The number of fused-ring (bicyclic) bond motifs is 1. The highest BCUT2D eigenvalue weighted by atomic mass is 32.1. The number of benzene rings is 1. The highest BCUT2D eigenvalue weighted by molar-refractivity contribution is 7.14. The SMILES string of the molecule is CCOc1ccc(OC)cc1-c1nnc2/c(=C\c3ccc(OC)s3)c(C(C)(C)C)nn12. The van der Waals surface area contributed by atoms with E-state index in [0.29, 0.717) is 23.8 Å². The lowest BCUT2D eigenvalue weighted by Crippen LogP contribution is -2.22. The lowest BCUT2D eigenvalue weighted by atomic mass is 9.91. The van der Waals surface area contributed by atoms with Gasteiger partial charge >= 0.3 is 0 Å². The summed E-state index contributed by atoms with van der Waals surface area (Å²) in [7, 11) is 3.31. The van der Waals surface area contributed by atoms with E-state index in [0.717, 1.165) is 32.2 Å². The first-order valence-electron chi connectivity index (χ1n) is 10.1. The zero-order valence-electron chi connectivity index (χ0n) is 18.6. The summed E-state index contributed by atoms with van der Waals surface area (Å²) in [6.07, 6.45) is 2.10. The lowest BCUT2D eigenvalue weighted by Gasteiger charge is -2.15. The first-order chi connectivity index (χ1) is 14.9. The van der Waals surface area contributed by atoms with Gasteiger partial charge in [-0.1, -0.05) is 32.1 Å². The van der Waals surface area contributed by atoms with Crippen LogP contribution in [0.4, 0.5) is 0 Å². The van der Waals surface area contributed by atoms with E-state index in [1.54, 1.807) is 30.1 Å². The normalized spacial score (nSPS) is 12.5. The summed E-state index contributed by atoms with van der Waals surface area (Å²) < 4.78 is 18.4. The molecule has 0 fully saturated rings. The Morgan fingerprint density at radius 2 is 1.87 bits per heavy atom. The van der Waals surface area contributed by atoms with E-state index in [4.69, 9.17) is 19.3 Å². The van der Waals surface area contributed by atoms with Gasteiger partial charge in [0.15, 0.2) is 16.5 Å². The van der Waals surface area contributed by atoms with Crippen LogP contribution in [0.1, 0.15) is 38.3 Å². The number of methoxy groups -OCH3 is 2. The van der Waals surface area contributed by atoms with Crippen LogP contribution >= 0.6 is 11.3 Å². The summed E-state index contributed by atoms with van der Waals surface area (Å²) in [5, 5.41) is 15.7. The molecule has 0 saturated heterocycles. The van der Waals surface area contributed by atoms with E-state index in [1.165, 1.54) is 0 Å². The molecule has 31 heavy (non-hydrogen) atoms. The molecule has 0 bridgehead atoms. The number of ether oxygens (including phenoxy) is 3. The second-order valence-corrected chi connectivity index (χ2v) is 9.15. The van der Waals surface area contributed by atoms with Crippen LogP contribution in [0.15, 0.2) is 30.3 Å². The smallest absolute Gasteiger partial charge is 0.189 e. The number of hydrogen-bond donors (Lipinski definition) is 0. The van der Waals surface area contributed by atoms with Crippen LogP contribution in [-0.2, 0) is 5.41 Å². The molecule has 1 aromatic carbocycles. The maximum Gasteiger partial charge on any atom is 0.189 e. The average molecular weight is 439 g/mol. The summed E-state index contributed by atoms with van der Waals surface area (Å²) in [6.45, 7) is 8.93. The highest BCUT2D eigenvalue weighted by Crippen LogP contribution is 2.33. The third-order valence-electron chi connectivity index (χ3n) is 4.86. The van der Waals surface area contributed by atoms with Crippen LogP contribution in [0.2, 0.25) is 0 Å². The first kappa shape index (κ1) is 21.1. The summed E-state index contributed by atoms with van der Waals surface area (Å²) in [6, 6.07) is 9.65. The Labute approximate surface area is 185 Å². The average Bonchev–Trinajstić information content (AvgIpc) is 3.44. The molecule has 162 valence electrons. The van der Waals surface area contributed by atoms with Gasteiger partial charge in [0.25, 0.3) is 0 Å². The van der Waals surface area contributed by atoms with Gasteiger partial charge < -0.3 is 14.2 Å². The Balaban J connectivity index is 1.97. The van der Waals surface area contributed by atoms with Crippen molar-refractivity contribution in [1.82, 2.24) is 19.8 Å². The van der Waals surface area contributed by atoms with Gasteiger partial charge in [-0.05, 0) is 43.3 Å². The van der Waals surface area contributed by atoms with Crippen LogP contribution < -0.4 is 19.4 Å². The van der Waals surface area contributed by atoms with E-state index >= 15 is 0 Å². The van der Waals surface area contributed by atoms with Crippen LogP contribution in [0.5, 0.6) is 16.6 Å². The Bertz CT molecular complexity index is 1270. The molecular weight excluding hydrogens is 412 g/mol. The minimum atomic E-state index is -0.178. The van der Waals surface area contributed by atoms with Crippen LogP contribution in [0, 0.1) is 0 Å². The Morgan fingerprint density at radius 3 is 2.52 bits per heavy atom. The van der Waals surface area contributed by atoms with Crippen molar-refractivity contribution in [1.29, 1.82) is 0 Å². The molecule has 0 aliphatic rings. The van der Waals surface area contributed by atoms with Crippen molar-refractivity contribution in [3.8, 4) is 28.0 Å². The quantitative estimate of drug-likeness (QED) is 0.451. The third-order valence-corrected chi connectivity index (χ3v) is 5.86. The fourth-order valence-corrected chi connectivity index (χ4v) is 4.18. The maximum atomic E-state index is 5.84. The number of nitrogens with zero attached hydrogens (tertiary/aromatic N) is 4. The van der Waals surface area contributed by atoms with Crippen LogP contribution in [0.25, 0.3) is 23.1 Å². The highest BCUT2D eigenvalue weighted by Gasteiger charge is 2.25. The van der Waals surface area contributed by atoms with Crippen molar-refractivity contribution >= 4 is 23.1 Å². The molecule has 4 rings (SSSR count). The predicted molar refractivity (Wildman–Crippen MR) is 122 cm³/mol. The second kappa shape index (κ2) is 8.19. The summed E-state index contributed by atoms with van der Waals surface area (Å²) in [4.78, 5) is 1.07. The minimum Gasteiger partial charge on any atom is -0.497 e. The fraction of sp³-hybridized carbons (Fsp3) is 0.348. The minimum absolute atomic E-state index is 0.178. The molecule has 3 heterocycles. The summed E-state index contributed by atoms with van der Waals surface area (Å²) in [5.41, 5.74) is 2.27. The molecule has 4 aromatic rings. The second-order valence-electron chi connectivity index (χ2n) is 8.07. The first-order valence-corrected chi connectivity index (χ1v) is 10.9. The topological polar surface area (TPSA) is 70.8 Å². The van der Waals surface area contributed by atoms with Crippen molar-refractivity contribution in [2.24, 2.45) is 0 Å². The molecule has 8 heteroatoms. The summed E-state index contributed by atoms with van der Waals surface area (Å²) >= 11 is 1.58. The Kier molecular flexibility index (Phi) is 5.58. The van der Waals surface area contributed by atoms with Gasteiger partial charge in [0.1, 0.15) is 11.5 Å². The molecule has 0 N–H and O–H groups in total. The van der Waals surface area contributed by atoms with Gasteiger partial charge in [-0.2, -0.15) is 9.61 Å². The molecule has 0 saturated carbocycles. The zero-order chi connectivity index (χ0) is 22.2. The van der Waals surface area contributed by atoms with Crippen LogP contribution in [-0.4, -0.2) is 40.6 Å². The zero-order valence-corrected chi connectivity index (χ0v) is 19.4. The number of rotatable bonds is 6. The van der Waals surface area contributed by atoms with Crippen molar-refractivity contribution in [3.63, 3.8) is 0 Å². The van der Waals surface area contributed by atoms with E-state index in [9.17, 15) is 0 Å². The lowest BCUT2D eigenvalue weighted by molar-refractivity contribution is 0.340. The monoisotopic (exact) mass is 438 g/mol. The molecule has 0 radical (unpaired) electrons. The Hall–Kier alpha value is -3.13. The number of aromatic nitrogens is 4. The van der Waals surface area contributed by atoms with Gasteiger partial charge in [-0.25, -0.2) is 0 Å². The molecule has 0 atom stereocenters. The van der Waals surface area contributed by atoms with Gasteiger partial charge in [-0.3, -0.25) is 0 Å². The molecule has 0 amide bonds. The van der Waals surface area contributed by atoms with E-state index in [-0.39, 0.29) is 5.41 Å². The van der Waals surface area contributed by atoms with Gasteiger partial charge in [0, 0.05) is 15.5 Å². The van der Waals surface area contributed by atoms with Crippen molar-refractivity contribution in [2.45, 2.75) is 33.1 Å². The van der Waals surface area contributed by atoms with Crippen molar-refractivity contribution in [3.05, 3.63) is 46.1 Å². The van der Waals surface area contributed by atoms with E-state index < -0.39 is 0 Å². The van der Waals surface area contributed by atoms with Crippen molar-refractivity contribution < 1.29 is 14.2 Å². The van der Waals surface area contributed by atoms with Gasteiger partial charge in [-0.15, -0.1) is 10.2 Å². The molecule has 7 nitrogen and oxygen atoms in total. The molecule has 0 spiro atoms. The Morgan fingerprint density at radius 1 is 1.06 bits per heavy atom. The van der Waals surface area contributed by atoms with Gasteiger partial charge in [0.2, 0.25) is 0 Å². The fourth-order valence-electron chi connectivity index (χ4n) is 3.41. The van der Waals surface area contributed by atoms with Gasteiger partial charge in [0.05, 0.1) is 32.1 Å². The summed E-state index contributed by atoms with van der Waals surface area (Å²) in [5.74, 6) is 2.05. The third kappa shape index (κ3) is 3.95. The largest absolute Gasteiger partial charge is 0.497 e. The molecule has 0 aliphatic carbocycles. The number of thiophene rings is 1. The molecule has 3 aromatic heterocycles. The number of hydrogen-bond acceptors (Lipinski definition) is 7. The molecule has 0 aliphatic heterocycles. The molecular formula is C23H26N4O3S. The molecule has 0 unspecified atom stereocenters. The van der Waals surface area contributed by atoms with E-state index in [1.807, 2.05) is 37.3 Å². The van der Waals surface area contributed by atoms with Crippen LogP contribution in [0.3, 0.4) is 0 Å². The maximum absolute atomic E-state index is 5.84. The standard InChI is InChI=1S/C23H26N4O3S/c1-7-30-18-10-8-14(28-5)12-16(18)21-24-25-22-17(13-15-9-11-19(29-6)31-15)20(23(2,3)4)26-27(21)22/h8-13H,7H2,1-6H3/b17-13-.